The summed E-state index contributed by atoms with van der Waals surface area (Å²) in [6.45, 7) is 2.49. The third-order valence-electron chi connectivity index (χ3n) is 5.86. The van der Waals surface area contributed by atoms with Crippen LogP contribution in [0.25, 0.3) is 10.9 Å². The van der Waals surface area contributed by atoms with E-state index in [4.69, 9.17) is 16.6 Å². The Morgan fingerprint density at radius 3 is 3.11 bits per heavy atom. The number of halogens is 1. The lowest BCUT2D eigenvalue weighted by Crippen LogP contribution is -2.33. The van der Waals surface area contributed by atoms with E-state index in [-0.39, 0.29) is 11.9 Å². The lowest BCUT2D eigenvalue weighted by Gasteiger charge is -2.25. The van der Waals surface area contributed by atoms with Gasteiger partial charge in [-0.2, -0.15) is 0 Å². The Morgan fingerprint density at radius 1 is 1.32 bits per heavy atom. The van der Waals surface area contributed by atoms with Gasteiger partial charge in [0.1, 0.15) is 5.69 Å². The van der Waals surface area contributed by atoms with E-state index in [1.54, 1.807) is 0 Å². The van der Waals surface area contributed by atoms with Gasteiger partial charge in [0.25, 0.3) is 5.91 Å². The Hall–Kier alpha value is -2.44. The molecule has 1 saturated heterocycles. The fourth-order valence-corrected chi connectivity index (χ4v) is 4.54. The van der Waals surface area contributed by atoms with Gasteiger partial charge in [0, 0.05) is 66.5 Å². The van der Waals surface area contributed by atoms with Gasteiger partial charge in [-0.25, -0.2) is 9.97 Å². The largest absolute Gasteiger partial charge is 0.340 e. The summed E-state index contributed by atoms with van der Waals surface area (Å²) < 4.78 is 1.95. The van der Waals surface area contributed by atoms with Crippen molar-refractivity contribution in [2.24, 2.45) is 7.05 Å². The van der Waals surface area contributed by atoms with Gasteiger partial charge in [-0.3, -0.25) is 4.79 Å². The van der Waals surface area contributed by atoms with Gasteiger partial charge in [-0.15, -0.1) is 0 Å². The molecular weight excluding hydrogens is 374 g/mol. The Morgan fingerprint density at radius 2 is 2.21 bits per heavy atom. The molecule has 6 nitrogen and oxygen atoms in total. The normalized spacial score (nSPS) is 19.2. The number of amides is 1. The maximum atomic E-state index is 13.4. The van der Waals surface area contributed by atoms with E-state index >= 15 is 0 Å². The lowest BCUT2D eigenvalue weighted by atomic mass is 10.1. The van der Waals surface area contributed by atoms with E-state index in [0.29, 0.717) is 10.7 Å². The molecule has 2 aromatic heterocycles. The number of benzene rings is 1. The zero-order chi connectivity index (χ0) is 19.3. The molecule has 1 atom stereocenters. The van der Waals surface area contributed by atoms with Crippen LogP contribution >= 0.6 is 11.6 Å². The van der Waals surface area contributed by atoms with Crippen molar-refractivity contribution in [3.63, 3.8) is 0 Å². The zero-order valence-electron chi connectivity index (χ0n) is 15.8. The number of carbonyl (C=O) groups is 1. The average Bonchev–Trinajstić information content (AvgIpc) is 3.32. The molecule has 0 aliphatic carbocycles. The maximum Gasteiger partial charge on any atom is 0.271 e. The molecule has 1 N–H and O–H groups in total. The maximum absolute atomic E-state index is 13.4. The molecule has 0 radical (unpaired) electrons. The summed E-state index contributed by atoms with van der Waals surface area (Å²) in [7, 11) is 1.93. The second kappa shape index (κ2) is 6.87. The fourth-order valence-electron chi connectivity index (χ4n) is 4.36. The van der Waals surface area contributed by atoms with Crippen molar-refractivity contribution in [3.8, 4) is 0 Å². The zero-order valence-corrected chi connectivity index (χ0v) is 16.5. The van der Waals surface area contributed by atoms with Gasteiger partial charge < -0.3 is 14.8 Å². The number of nitrogens with zero attached hydrogens (tertiary/aromatic N) is 4. The molecule has 0 unspecified atom stereocenters. The van der Waals surface area contributed by atoms with E-state index in [1.807, 2.05) is 47.0 Å². The summed E-state index contributed by atoms with van der Waals surface area (Å²) in [5.74, 6) is 0.800. The first-order valence-corrected chi connectivity index (χ1v) is 10.1. The summed E-state index contributed by atoms with van der Waals surface area (Å²) >= 11 is 6.12. The van der Waals surface area contributed by atoms with Crippen LogP contribution in [0.2, 0.25) is 5.02 Å². The van der Waals surface area contributed by atoms with Crippen molar-refractivity contribution < 1.29 is 4.79 Å². The molecule has 0 spiro atoms. The van der Waals surface area contributed by atoms with Crippen LogP contribution in [0.15, 0.2) is 30.5 Å². The van der Waals surface area contributed by atoms with Crippen LogP contribution in [0.5, 0.6) is 0 Å². The first kappa shape index (κ1) is 17.6. The molecular formula is C21H22ClN5O. The van der Waals surface area contributed by atoms with Crippen LogP contribution in [-0.4, -0.2) is 38.4 Å². The van der Waals surface area contributed by atoms with Gasteiger partial charge in [-0.1, -0.05) is 11.6 Å². The second-order valence-electron chi connectivity index (χ2n) is 7.58. The van der Waals surface area contributed by atoms with Crippen molar-refractivity contribution >= 4 is 28.4 Å². The topological polar surface area (TPSA) is 63.1 Å². The lowest BCUT2D eigenvalue weighted by molar-refractivity contribution is 0.0720. The molecule has 1 aromatic carbocycles. The third kappa shape index (κ3) is 2.88. The molecule has 2 aliphatic rings. The first-order valence-electron chi connectivity index (χ1n) is 9.73. The standard InChI is InChI=1S/C21H22ClN5O/c1-26-17-5-4-15(22)9-13(17)10-19(26)21(28)27-8-2-3-18(27)20-24-12-14-11-23-7-6-16(14)25-20/h4-5,9-10,12,18,23H,2-3,6-8,11H2,1H3/t18-/m0/s1. The number of carbonyl (C=O) groups excluding carboxylic acids is 1. The Balaban J connectivity index is 1.48. The Labute approximate surface area is 168 Å². The number of aryl methyl sites for hydroxylation is 1. The van der Waals surface area contributed by atoms with Gasteiger partial charge >= 0.3 is 0 Å². The summed E-state index contributed by atoms with van der Waals surface area (Å²) in [5, 5.41) is 5.00. The molecule has 144 valence electrons. The number of nitrogens with one attached hydrogen (secondary N) is 1. The summed E-state index contributed by atoms with van der Waals surface area (Å²) in [5.41, 5.74) is 3.95. The first-order chi connectivity index (χ1) is 13.6. The monoisotopic (exact) mass is 395 g/mol. The van der Waals surface area contributed by atoms with Crippen LogP contribution in [0.4, 0.5) is 0 Å². The Kier molecular flexibility index (Phi) is 4.33. The highest BCUT2D eigenvalue weighted by atomic mass is 35.5. The molecule has 3 aromatic rings. The SMILES string of the molecule is Cn1c(C(=O)N2CCC[C@H]2c2ncc3c(n2)CCNC3)cc2cc(Cl)ccc21. The average molecular weight is 396 g/mol. The molecule has 7 heteroatoms. The predicted molar refractivity (Wildman–Crippen MR) is 108 cm³/mol. The number of rotatable bonds is 2. The Bertz CT molecular complexity index is 1080. The van der Waals surface area contributed by atoms with Crippen molar-refractivity contribution in [1.29, 1.82) is 0 Å². The second-order valence-corrected chi connectivity index (χ2v) is 8.01. The van der Waals surface area contributed by atoms with E-state index < -0.39 is 0 Å². The molecule has 1 amide bonds. The van der Waals surface area contributed by atoms with E-state index in [9.17, 15) is 4.79 Å². The van der Waals surface area contributed by atoms with Crippen LogP contribution in [-0.2, 0) is 20.0 Å². The van der Waals surface area contributed by atoms with Gasteiger partial charge in [0.05, 0.1) is 6.04 Å². The number of aromatic nitrogens is 3. The quantitative estimate of drug-likeness (QED) is 0.723. The van der Waals surface area contributed by atoms with Gasteiger partial charge in [-0.05, 0) is 37.1 Å². The van der Waals surface area contributed by atoms with Gasteiger partial charge in [0.15, 0.2) is 5.82 Å². The van der Waals surface area contributed by atoms with E-state index in [1.165, 1.54) is 0 Å². The fraction of sp³-hybridized carbons (Fsp3) is 0.381. The third-order valence-corrected chi connectivity index (χ3v) is 6.10. The highest BCUT2D eigenvalue weighted by Gasteiger charge is 2.34. The molecule has 0 saturated carbocycles. The molecule has 5 rings (SSSR count). The summed E-state index contributed by atoms with van der Waals surface area (Å²) in [6.07, 6.45) is 4.70. The predicted octanol–water partition coefficient (Wildman–Crippen LogP) is 3.24. The van der Waals surface area contributed by atoms with Crippen molar-refractivity contribution in [2.45, 2.75) is 31.8 Å². The summed E-state index contributed by atoms with van der Waals surface area (Å²) in [4.78, 5) is 24.8. The van der Waals surface area contributed by atoms with Crippen molar-refractivity contribution in [1.82, 2.24) is 24.8 Å². The minimum atomic E-state index is -0.0608. The molecule has 4 heterocycles. The molecule has 1 fully saturated rings. The molecule has 28 heavy (non-hydrogen) atoms. The van der Waals surface area contributed by atoms with Crippen LogP contribution in [0.1, 0.15) is 46.5 Å². The summed E-state index contributed by atoms with van der Waals surface area (Å²) in [6, 6.07) is 7.58. The highest BCUT2D eigenvalue weighted by Crippen LogP contribution is 2.33. The highest BCUT2D eigenvalue weighted by molar-refractivity contribution is 6.31. The number of fused-ring (bicyclic) bond motifs is 2. The minimum absolute atomic E-state index is 0.0281. The minimum Gasteiger partial charge on any atom is -0.340 e. The van der Waals surface area contributed by atoms with Crippen LogP contribution in [0, 0.1) is 0 Å². The van der Waals surface area contributed by atoms with Gasteiger partial charge in [0.2, 0.25) is 0 Å². The number of likely N-dealkylation sites (tertiary alicyclic amines) is 1. The van der Waals surface area contributed by atoms with E-state index in [2.05, 4.69) is 10.3 Å². The van der Waals surface area contributed by atoms with E-state index in [0.717, 1.165) is 66.9 Å². The van der Waals surface area contributed by atoms with Crippen LogP contribution < -0.4 is 5.32 Å². The van der Waals surface area contributed by atoms with Crippen molar-refractivity contribution in [2.75, 3.05) is 13.1 Å². The molecule has 0 bridgehead atoms. The number of hydrogen-bond donors (Lipinski definition) is 1. The smallest absolute Gasteiger partial charge is 0.271 e. The van der Waals surface area contributed by atoms with Crippen molar-refractivity contribution in [3.05, 3.63) is 58.3 Å². The number of hydrogen-bond acceptors (Lipinski definition) is 4. The van der Waals surface area contributed by atoms with Crippen LogP contribution in [0.3, 0.4) is 0 Å². The molecule has 2 aliphatic heterocycles.